The minimum Gasteiger partial charge on any atom is -0.356 e. The average molecular weight is 276 g/mol. The predicted octanol–water partition coefficient (Wildman–Crippen LogP) is 0.316. The van der Waals surface area contributed by atoms with Crippen molar-refractivity contribution in [2.45, 2.75) is 38.6 Å². The highest BCUT2D eigenvalue weighted by atomic mass is 32.2. The van der Waals surface area contributed by atoms with Gasteiger partial charge >= 0.3 is 0 Å². The minimum atomic E-state index is -2.92. The van der Waals surface area contributed by atoms with Gasteiger partial charge in [-0.1, -0.05) is 6.92 Å². The second-order valence-electron chi connectivity index (χ2n) is 5.22. The molecule has 1 aliphatic rings. The van der Waals surface area contributed by atoms with Crippen LogP contribution in [0.2, 0.25) is 0 Å². The molecule has 1 rings (SSSR count). The first-order chi connectivity index (χ1) is 8.38. The molecule has 0 aromatic heterocycles. The number of amides is 1. The molecule has 106 valence electrons. The molecule has 0 aromatic carbocycles. The van der Waals surface area contributed by atoms with E-state index in [4.69, 9.17) is 0 Å². The molecule has 2 N–H and O–H groups in total. The Labute approximate surface area is 110 Å². The predicted molar refractivity (Wildman–Crippen MR) is 72.1 cm³/mol. The maximum atomic E-state index is 11.7. The van der Waals surface area contributed by atoms with Crippen LogP contribution in [0, 0.1) is 5.92 Å². The van der Waals surface area contributed by atoms with E-state index in [-0.39, 0.29) is 17.7 Å². The van der Waals surface area contributed by atoms with Crippen LogP contribution in [-0.4, -0.2) is 45.5 Å². The Morgan fingerprint density at radius 3 is 2.78 bits per heavy atom. The standard InChI is InChI=1S/C12H24N2O3S/c1-10-5-3-6-13-11(10)9-12(15)14-7-4-8-18(2,16)17/h10-11,13H,3-9H2,1-2H3,(H,14,15). The van der Waals surface area contributed by atoms with Gasteiger partial charge in [0.05, 0.1) is 5.75 Å². The number of sulfone groups is 1. The number of hydrogen-bond acceptors (Lipinski definition) is 4. The lowest BCUT2D eigenvalue weighted by molar-refractivity contribution is -0.121. The summed E-state index contributed by atoms with van der Waals surface area (Å²) >= 11 is 0. The second-order valence-corrected chi connectivity index (χ2v) is 7.48. The average Bonchev–Trinajstić information content (AvgIpc) is 2.26. The van der Waals surface area contributed by atoms with E-state index in [1.807, 2.05) is 0 Å². The Balaban J connectivity index is 2.17. The summed E-state index contributed by atoms with van der Waals surface area (Å²) in [4.78, 5) is 11.7. The third-order valence-corrected chi connectivity index (χ3v) is 4.38. The number of nitrogens with one attached hydrogen (secondary N) is 2. The molecule has 1 amide bonds. The molecule has 2 unspecified atom stereocenters. The van der Waals surface area contributed by atoms with E-state index in [0.717, 1.165) is 6.54 Å². The molecule has 1 heterocycles. The molecule has 1 saturated heterocycles. The van der Waals surface area contributed by atoms with E-state index in [1.54, 1.807) is 0 Å². The summed E-state index contributed by atoms with van der Waals surface area (Å²) in [5.74, 6) is 0.668. The molecule has 0 radical (unpaired) electrons. The van der Waals surface area contributed by atoms with Gasteiger partial charge < -0.3 is 10.6 Å². The van der Waals surface area contributed by atoms with Gasteiger partial charge in [-0.25, -0.2) is 8.42 Å². The lowest BCUT2D eigenvalue weighted by Gasteiger charge is -2.29. The van der Waals surface area contributed by atoms with Gasteiger partial charge in [-0.2, -0.15) is 0 Å². The van der Waals surface area contributed by atoms with Crippen LogP contribution >= 0.6 is 0 Å². The summed E-state index contributed by atoms with van der Waals surface area (Å²) in [6.07, 6.45) is 4.52. The van der Waals surface area contributed by atoms with E-state index >= 15 is 0 Å². The summed E-state index contributed by atoms with van der Waals surface area (Å²) in [7, 11) is -2.92. The monoisotopic (exact) mass is 276 g/mol. The molecule has 6 heteroatoms. The van der Waals surface area contributed by atoms with Gasteiger partial charge in [-0.15, -0.1) is 0 Å². The number of rotatable bonds is 6. The lowest BCUT2D eigenvalue weighted by Crippen LogP contribution is -2.43. The molecular weight excluding hydrogens is 252 g/mol. The van der Waals surface area contributed by atoms with E-state index in [1.165, 1.54) is 19.1 Å². The molecule has 2 atom stereocenters. The van der Waals surface area contributed by atoms with Crippen LogP contribution in [0.15, 0.2) is 0 Å². The topological polar surface area (TPSA) is 75.3 Å². The van der Waals surface area contributed by atoms with Crippen molar-refractivity contribution in [2.75, 3.05) is 25.1 Å². The van der Waals surface area contributed by atoms with Crippen molar-refractivity contribution < 1.29 is 13.2 Å². The van der Waals surface area contributed by atoms with E-state index in [0.29, 0.717) is 25.3 Å². The highest BCUT2D eigenvalue weighted by molar-refractivity contribution is 7.90. The summed E-state index contributed by atoms with van der Waals surface area (Å²) in [5, 5.41) is 6.14. The van der Waals surface area contributed by atoms with Gasteiger partial charge in [0.2, 0.25) is 5.91 Å². The fraction of sp³-hybridized carbons (Fsp3) is 0.917. The van der Waals surface area contributed by atoms with Gasteiger partial charge in [0, 0.05) is 25.3 Å². The van der Waals surface area contributed by atoms with Gasteiger partial charge in [0.15, 0.2) is 0 Å². The van der Waals surface area contributed by atoms with Gasteiger partial charge in [0.25, 0.3) is 0 Å². The van der Waals surface area contributed by atoms with Crippen molar-refractivity contribution in [3.8, 4) is 0 Å². The van der Waals surface area contributed by atoms with Crippen LogP contribution in [0.4, 0.5) is 0 Å². The molecule has 5 nitrogen and oxygen atoms in total. The van der Waals surface area contributed by atoms with Crippen LogP contribution in [0.3, 0.4) is 0 Å². The Kier molecular flexibility index (Phi) is 6.08. The van der Waals surface area contributed by atoms with Crippen molar-refractivity contribution in [3.05, 3.63) is 0 Å². The number of hydrogen-bond donors (Lipinski definition) is 2. The SMILES string of the molecule is CC1CCCNC1CC(=O)NCCCS(C)(=O)=O. The van der Waals surface area contributed by atoms with Crippen molar-refractivity contribution in [3.63, 3.8) is 0 Å². The maximum absolute atomic E-state index is 11.7. The van der Waals surface area contributed by atoms with Crippen molar-refractivity contribution in [1.82, 2.24) is 10.6 Å². The molecule has 1 aliphatic heterocycles. The zero-order valence-corrected chi connectivity index (χ0v) is 12.1. The van der Waals surface area contributed by atoms with Crippen molar-refractivity contribution in [2.24, 2.45) is 5.92 Å². The van der Waals surface area contributed by atoms with Gasteiger partial charge in [-0.3, -0.25) is 4.79 Å². The molecule has 0 bridgehead atoms. The summed E-state index contributed by atoms with van der Waals surface area (Å²) < 4.78 is 21.8. The molecule has 18 heavy (non-hydrogen) atoms. The van der Waals surface area contributed by atoms with Crippen LogP contribution in [-0.2, 0) is 14.6 Å². The first-order valence-corrected chi connectivity index (χ1v) is 8.62. The Hall–Kier alpha value is -0.620. The number of carbonyl (C=O) groups excluding carboxylic acids is 1. The third kappa shape index (κ3) is 6.35. The van der Waals surface area contributed by atoms with Crippen LogP contribution in [0.5, 0.6) is 0 Å². The molecular formula is C12H24N2O3S. The molecule has 1 fully saturated rings. The fourth-order valence-electron chi connectivity index (χ4n) is 2.22. The quantitative estimate of drug-likeness (QED) is 0.685. The van der Waals surface area contributed by atoms with E-state index in [9.17, 15) is 13.2 Å². The normalized spacial score (nSPS) is 24.8. The fourth-order valence-corrected chi connectivity index (χ4v) is 2.89. The van der Waals surface area contributed by atoms with Gasteiger partial charge in [0.1, 0.15) is 9.84 Å². The first-order valence-electron chi connectivity index (χ1n) is 6.56. The highest BCUT2D eigenvalue weighted by Crippen LogP contribution is 2.17. The molecule has 0 spiro atoms. The zero-order chi connectivity index (χ0) is 13.6. The highest BCUT2D eigenvalue weighted by Gasteiger charge is 2.22. The largest absolute Gasteiger partial charge is 0.356 e. The third-order valence-electron chi connectivity index (χ3n) is 3.35. The minimum absolute atomic E-state index is 0.00903. The summed E-state index contributed by atoms with van der Waals surface area (Å²) in [6.45, 7) is 3.58. The Bertz CT molecular complexity index is 368. The second kappa shape index (κ2) is 7.09. The summed E-state index contributed by atoms with van der Waals surface area (Å²) in [6, 6.07) is 0.258. The van der Waals surface area contributed by atoms with Crippen LogP contribution in [0.1, 0.15) is 32.6 Å². The van der Waals surface area contributed by atoms with Crippen LogP contribution < -0.4 is 10.6 Å². The van der Waals surface area contributed by atoms with E-state index < -0.39 is 9.84 Å². The molecule has 0 saturated carbocycles. The lowest BCUT2D eigenvalue weighted by atomic mass is 9.90. The van der Waals surface area contributed by atoms with E-state index in [2.05, 4.69) is 17.6 Å². The maximum Gasteiger partial charge on any atom is 0.221 e. The first kappa shape index (κ1) is 15.4. The number of piperidine rings is 1. The van der Waals surface area contributed by atoms with Crippen molar-refractivity contribution >= 4 is 15.7 Å². The molecule has 0 aliphatic carbocycles. The smallest absolute Gasteiger partial charge is 0.221 e. The van der Waals surface area contributed by atoms with Gasteiger partial charge in [-0.05, 0) is 31.7 Å². The Morgan fingerprint density at radius 1 is 1.44 bits per heavy atom. The zero-order valence-electron chi connectivity index (χ0n) is 11.2. The number of carbonyl (C=O) groups is 1. The summed E-state index contributed by atoms with van der Waals surface area (Å²) in [5.41, 5.74) is 0. The molecule has 0 aromatic rings. The van der Waals surface area contributed by atoms with Crippen LogP contribution in [0.25, 0.3) is 0 Å². The van der Waals surface area contributed by atoms with Crippen molar-refractivity contribution in [1.29, 1.82) is 0 Å². The Morgan fingerprint density at radius 2 is 2.17 bits per heavy atom.